The molecule has 0 fully saturated rings. The van der Waals surface area contributed by atoms with Crippen molar-refractivity contribution in [3.8, 4) is 11.5 Å². The highest BCUT2D eigenvalue weighted by molar-refractivity contribution is 5.85. The number of hydrogen-bond acceptors (Lipinski definition) is 4. The van der Waals surface area contributed by atoms with E-state index in [1.807, 2.05) is 84.9 Å². The Hall–Kier alpha value is -2.82. The fraction of sp³-hybridized carbons (Fsp3) is 0.136. The second-order valence-corrected chi connectivity index (χ2v) is 5.97. The highest BCUT2D eigenvalue weighted by atomic mass is 35.5. The summed E-state index contributed by atoms with van der Waals surface area (Å²) in [6.45, 7) is 0.227. The Balaban J connectivity index is 0.00000261. The van der Waals surface area contributed by atoms with Crippen molar-refractivity contribution in [3.05, 3.63) is 96.1 Å². The molecule has 0 amide bonds. The van der Waals surface area contributed by atoms with Crippen LogP contribution in [0.2, 0.25) is 0 Å². The van der Waals surface area contributed by atoms with Crippen molar-refractivity contribution in [1.82, 2.24) is 0 Å². The summed E-state index contributed by atoms with van der Waals surface area (Å²) in [5.41, 5.74) is 7.86. The monoisotopic (exact) mass is 383 g/mol. The van der Waals surface area contributed by atoms with E-state index in [4.69, 9.17) is 15.2 Å². The predicted molar refractivity (Wildman–Crippen MR) is 108 cm³/mol. The van der Waals surface area contributed by atoms with Gasteiger partial charge in [-0.05, 0) is 41.8 Å². The minimum atomic E-state index is -0.717. The van der Waals surface area contributed by atoms with Crippen molar-refractivity contribution < 1.29 is 14.3 Å². The van der Waals surface area contributed by atoms with E-state index in [0.29, 0.717) is 12.2 Å². The molecule has 0 heterocycles. The van der Waals surface area contributed by atoms with Crippen molar-refractivity contribution >= 4 is 18.4 Å². The maximum absolute atomic E-state index is 12.1. The van der Waals surface area contributed by atoms with E-state index in [9.17, 15) is 4.79 Å². The number of hydrogen-bond donors (Lipinski definition) is 1. The van der Waals surface area contributed by atoms with Gasteiger partial charge in [0.05, 0.1) is 0 Å². The molecular weight excluding hydrogens is 362 g/mol. The number of benzene rings is 3. The number of ether oxygens (including phenoxy) is 2. The van der Waals surface area contributed by atoms with Crippen LogP contribution < -0.4 is 10.5 Å². The number of esters is 1. The maximum Gasteiger partial charge on any atom is 0.323 e. The molecule has 4 nitrogen and oxygen atoms in total. The van der Waals surface area contributed by atoms with Crippen LogP contribution in [0, 0.1) is 0 Å². The van der Waals surface area contributed by atoms with Gasteiger partial charge < -0.3 is 15.2 Å². The van der Waals surface area contributed by atoms with Crippen LogP contribution in [0.25, 0.3) is 0 Å². The Bertz CT molecular complexity index is 840. The van der Waals surface area contributed by atoms with Gasteiger partial charge in [-0.15, -0.1) is 12.4 Å². The van der Waals surface area contributed by atoms with Gasteiger partial charge in [0.15, 0.2) is 0 Å². The van der Waals surface area contributed by atoms with Crippen LogP contribution in [0.5, 0.6) is 11.5 Å². The standard InChI is InChI=1S/C22H21NO3.ClH/c23-21(22(24)25-16-17-8-3-1-4-9-17)15-18-10-7-13-20(14-18)26-19-11-5-2-6-12-19;/h1-14,21H,15-16,23H2;1H. The summed E-state index contributed by atoms with van der Waals surface area (Å²) in [6, 6.07) is 25.9. The predicted octanol–water partition coefficient (Wildman–Crippen LogP) is 4.51. The van der Waals surface area contributed by atoms with E-state index < -0.39 is 12.0 Å². The number of nitrogens with two attached hydrogens (primary N) is 1. The Morgan fingerprint density at radius 3 is 2.11 bits per heavy atom. The number of carbonyl (C=O) groups is 1. The normalized spacial score (nSPS) is 11.1. The number of rotatable bonds is 7. The Kier molecular flexibility index (Phi) is 7.86. The van der Waals surface area contributed by atoms with E-state index in [1.54, 1.807) is 0 Å². The van der Waals surface area contributed by atoms with Gasteiger partial charge in [0.1, 0.15) is 24.1 Å². The molecule has 0 aromatic heterocycles. The molecule has 2 N–H and O–H groups in total. The molecule has 0 saturated carbocycles. The second-order valence-electron chi connectivity index (χ2n) is 5.97. The Labute approximate surface area is 165 Å². The molecule has 5 heteroatoms. The zero-order valence-electron chi connectivity index (χ0n) is 14.8. The van der Waals surface area contributed by atoms with Crippen molar-refractivity contribution in [2.24, 2.45) is 5.73 Å². The molecule has 0 aliphatic heterocycles. The average Bonchev–Trinajstić information content (AvgIpc) is 2.68. The number of carbonyl (C=O) groups excluding carboxylic acids is 1. The lowest BCUT2D eigenvalue weighted by Gasteiger charge is -2.13. The highest BCUT2D eigenvalue weighted by Crippen LogP contribution is 2.22. The molecule has 27 heavy (non-hydrogen) atoms. The average molecular weight is 384 g/mol. The highest BCUT2D eigenvalue weighted by Gasteiger charge is 2.16. The lowest BCUT2D eigenvalue weighted by atomic mass is 10.1. The SMILES string of the molecule is Cl.NC(Cc1cccc(Oc2ccccc2)c1)C(=O)OCc1ccccc1. The summed E-state index contributed by atoms with van der Waals surface area (Å²) in [5.74, 6) is 1.05. The minimum Gasteiger partial charge on any atom is -0.460 e. The zero-order chi connectivity index (χ0) is 18.2. The third-order valence-corrected chi connectivity index (χ3v) is 3.86. The molecule has 1 atom stereocenters. The molecule has 0 aliphatic carbocycles. The molecule has 0 radical (unpaired) electrons. The van der Waals surface area contributed by atoms with Crippen LogP contribution in [0.3, 0.4) is 0 Å². The third-order valence-electron chi connectivity index (χ3n) is 3.86. The topological polar surface area (TPSA) is 61.5 Å². The first-order valence-electron chi connectivity index (χ1n) is 8.49. The summed E-state index contributed by atoms with van der Waals surface area (Å²) in [6.07, 6.45) is 0.389. The summed E-state index contributed by atoms with van der Waals surface area (Å²) < 4.78 is 11.1. The molecule has 140 valence electrons. The minimum absolute atomic E-state index is 0. The lowest BCUT2D eigenvalue weighted by Crippen LogP contribution is -2.34. The molecule has 3 rings (SSSR count). The van der Waals surface area contributed by atoms with Gasteiger partial charge >= 0.3 is 5.97 Å². The van der Waals surface area contributed by atoms with Gasteiger partial charge in [0, 0.05) is 0 Å². The largest absolute Gasteiger partial charge is 0.460 e. The first-order chi connectivity index (χ1) is 12.7. The van der Waals surface area contributed by atoms with Crippen LogP contribution in [0.1, 0.15) is 11.1 Å². The van der Waals surface area contributed by atoms with Gasteiger partial charge in [-0.2, -0.15) is 0 Å². The molecule has 0 bridgehead atoms. The van der Waals surface area contributed by atoms with Gasteiger partial charge in [0.2, 0.25) is 0 Å². The molecule has 3 aromatic rings. The Morgan fingerprint density at radius 2 is 1.41 bits per heavy atom. The fourth-order valence-electron chi connectivity index (χ4n) is 2.53. The molecular formula is C22H22ClNO3. The van der Waals surface area contributed by atoms with Crippen molar-refractivity contribution in [3.63, 3.8) is 0 Å². The summed E-state index contributed by atoms with van der Waals surface area (Å²) in [4.78, 5) is 12.1. The number of halogens is 1. The fourth-order valence-corrected chi connectivity index (χ4v) is 2.53. The first-order valence-corrected chi connectivity index (χ1v) is 8.49. The van der Waals surface area contributed by atoms with Crippen LogP contribution in [0.15, 0.2) is 84.9 Å². The molecule has 3 aromatic carbocycles. The van der Waals surface area contributed by atoms with Gasteiger partial charge in [-0.3, -0.25) is 4.79 Å². The first kappa shape index (κ1) is 20.5. The smallest absolute Gasteiger partial charge is 0.323 e. The van der Waals surface area contributed by atoms with Crippen molar-refractivity contribution in [2.45, 2.75) is 19.1 Å². The van der Waals surface area contributed by atoms with E-state index in [-0.39, 0.29) is 19.0 Å². The summed E-state index contributed by atoms with van der Waals surface area (Å²) in [7, 11) is 0. The quantitative estimate of drug-likeness (QED) is 0.609. The summed E-state index contributed by atoms with van der Waals surface area (Å²) in [5, 5.41) is 0. The number of para-hydroxylation sites is 1. The van der Waals surface area contributed by atoms with Crippen molar-refractivity contribution in [2.75, 3.05) is 0 Å². The van der Waals surface area contributed by atoms with E-state index in [1.165, 1.54) is 0 Å². The molecule has 0 saturated heterocycles. The molecule has 0 spiro atoms. The third kappa shape index (κ3) is 6.44. The lowest BCUT2D eigenvalue weighted by molar-refractivity contribution is -0.146. The Morgan fingerprint density at radius 1 is 0.815 bits per heavy atom. The maximum atomic E-state index is 12.1. The van der Waals surface area contributed by atoms with Crippen LogP contribution in [-0.2, 0) is 22.6 Å². The van der Waals surface area contributed by atoms with Gasteiger partial charge in [0.25, 0.3) is 0 Å². The van der Waals surface area contributed by atoms with E-state index >= 15 is 0 Å². The second kappa shape index (κ2) is 10.4. The van der Waals surface area contributed by atoms with Crippen LogP contribution in [-0.4, -0.2) is 12.0 Å². The molecule has 1 unspecified atom stereocenters. The van der Waals surface area contributed by atoms with E-state index in [0.717, 1.165) is 16.9 Å². The van der Waals surface area contributed by atoms with E-state index in [2.05, 4.69) is 0 Å². The van der Waals surface area contributed by atoms with Crippen LogP contribution in [0.4, 0.5) is 0 Å². The van der Waals surface area contributed by atoms with Crippen molar-refractivity contribution in [1.29, 1.82) is 0 Å². The molecule has 0 aliphatic rings. The van der Waals surface area contributed by atoms with Gasteiger partial charge in [-0.25, -0.2) is 0 Å². The summed E-state index contributed by atoms with van der Waals surface area (Å²) >= 11 is 0. The van der Waals surface area contributed by atoms with Crippen LogP contribution >= 0.6 is 12.4 Å². The zero-order valence-corrected chi connectivity index (χ0v) is 15.6. The van der Waals surface area contributed by atoms with Gasteiger partial charge in [-0.1, -0.05) is 60.7 Å².